The Balaban J connectivity index is 2.33. The van der Waals surface area contributed by atoms with Gasteiger partial charge < -0.3 is 10.0 Å². The standard InChI is InChI=1S/C11H12BrNO2/c12-4-6-13-5-3-8-1-2-9(11(14)15)7-10(8)13/h1-2,7H,3-6H2,(H,14,15). The summed E-state index contributed by atoms with van der Waals surface area (Å²) in [6.45, 7) is 1.92. The first kappa shape index (κ1) is 10.5. The molecular weight excluding hydrogens is 258 g/mol. The minimum atomic E-state index is -0.858. The van der Waals surface area contributed by atoms with E-state index in [4.69, 9.17) is 5.11 Å². The van der Waals surface area contributed by atoms with Gasteiger partial charge in [0.25, 0.3) is 0 Å². The third-order valence-electron chi connectivity index (χ3n) is 2.68. The van der Waals surface area contributed by atoms with E-state index in [0.29, 0.717) is 5.56 Å². The molecule has 2 rings (SSSR count). The summed E-state index contributed by atoms with van der Waals surface area (Å²) in [6, 6.07) is 5.37. The molecule has 15 heavy (non-hydrogen) atoms. The van der Waals surface area contributed by atoms with E-state index in [0.717, 1.165) is 30.5 Å². The number of alkyl halides is 1. The van der Waals surface area contributed by atoms with Crippen LogP contribution < -0.4 is 4.90 Å². The molecule has 0 saturated carbocycles. The van der Waals surface area contributed by atoms with Crippen LogP contribution in [-0.2, 0) is 6.42 Å². The van der Waals surface area contributed by atoms with Crippen molar-refractivity contribution >= 4 is 27.6 Å². The number of nitrogens with zero attached hydrogens (tertiary/aromatic N) is 1. The molecule has 0 atom stereocenters. The van der Waals surface area contributed by atoms with Gasteiger partial charge in [0.05, 0.1) is 5.56 Å². The van der Waals surface area contributed by atoms with Gasteiger partial charge in [-0.2, -0.15) is 0 Å². The molecule has 0 saturated heterocycles. The number of rotatable bonds is 3. The van der Waals surface area contributed by atoms with Crippen molar-refractivity contribution in [3.05, 3.63) is 29.3 Å². The maximum atomic E-state index is 10.8. The van der Waals surface area contributed by atoms with Crippen molar-refractivity contribution in [2.75, 3.05) is 23.3 Å². The normalized spacial score (nSPS) is 14.1. The SMILES string of the molecule is O=C(O)c1ccc2c(c1)N(CCBr)CC2. The molecule has 1 aliphatic rings. The van der Waals surface area contributed by atoms with Crippen LogP contribution in [0.3, 0.4) is 0 Å². The van der Waals surface area contributed by atoms with Gasteiger partial charge in [0.2, 0.25) is 0 Å². The molecule has 80 valence electrons. The van der Waals surface area contributed by atoms with Crippen LogP contribution in [0.4, 0.5) is 5.69 Å². The molecule has 0 amide bonds. The Morgan fingerprint density at radius 1 is 1.53 bits per heavy atom. The predicted molar refractivity (Wildman–Crippen MR) is 63.1 cm³/mol. The minimum absolute atomic E-state index is 0.371. The van der Waals surface area contributed by atoms with Gasteiger partial charge in [-0.05, 0) is 24.1 Å². The summed E-state index contributed by atoms with van der Waals surface area (Å²) in [6.07, 6.45) is 1.02. The number of carboxylic acid groups (broad SMARTS) is 1. The summed E-state index contributed by atoms with van der Waals surface area (Å²) in [5, 5.41) is 9.81. The van der Waals surface area contributed by atoms with Gasteiger partial charge in [0.15, 0.2) is 0 Å². The highest BCUT2D eigenvalue weighted by atomic mass is 79.9. The molecule has 0 aromatic heterocycles. The zero-order chi connectivity index (χ0) is 10.8. The molecule has 4 heteroatoms. The van der Waals surface area contributed by atoms with Crippen molar-refractivity contribution < 1.29 is 9.90 Å². The van der Waals surface area contributed by atoms with E-state index < -0.39 is 5.97 Å². The average molecular weight is 270 g/mol. The summed E-state index contributed by atoms with van der Waals surface area (Å²) in [4.78, 5) is 13.1. The van der Waals surface area contributed by atoms with E-state index >= 15 is 0 Å². The zero-order valence-corrected chi connectivity index (χ0v) is 9.83. The first-order chi connectivity index (χ1) is 7.22. The largest absolute Gasteiger partial charge is 0.478 e. The van der Waals surface area contributed by atoms with E-state index in [2.05, 4.69) is 20.8 Å². The molecule has 0 radical (unpaired) electrons. The Morgan fingerprint density at radius 3 is 3.00 bits per heavy atom. The lowest BCUT2D eigenvalue weighted by atomic mass is 10.1. The van der Waals surface area contributed by atoms with Gasteiger partial charge in [0.1, 0.15) is 0 Å². The Bertz CT molecular complexity index is 390. The highest BCUT2D eigenvalue weighted by molar-refractivity contribution is 9.09. The lowest BCUT2D eigenvalue weighted by Crippen LogP contribution is -2.22. The second kappa shape index (κ2) is 4.23. The quantitative estimate of drug-likeness (QED) is 0.855. The summed E-state index contributed by atoms with van der Waals surface area (Å²) < 4.78 is 0. The number of benzene rings is 1. The van der Waals surface area contributed by atoms with Crippen molar-refractivity contribution in [3.63, 3.8) is 0 Å². The van der Waals surface area contributed by atoms with Crippen LogP contribution in [0.2, 0.25) is 0 Å². The Kier molecular flexibility index (Phi) is 2.95. The number of halogens is 1. The van der Waals surface area contributed by atoms with Crippen LogP contribution in [-0.4, -0.2) is 29.5 Å². The van der Waals surface area contributed by atoms with Crippen molar-refractivity contribution in [1.29, 1.82) is 0 Å². The van der Waals surface area contributed by atoms with E-state index in [1.165, 1.54) is 5.56 Å². The van der Waals surface area contributed by atoms with Crippen molar-refractivity contribution in [2.24, 2.45) is 0 Å². The number of anilines is 1. The fourth-order valence-electron chi connectivity index (χ4n) is 1.91. The first-order valence-corrected chi connectivity index (χ1v) is 6.01. The van der Waals surface area contributed by atoms with Crippen LogP contribution in [0.25, 0.3) is 0 Å². The van der Waals surface area contributed by atoms with Gasteiger partial charge in [-0.15, -0.1) is 0 Å². The highest BCUT2D eigenvalue weighted by Gasteiger charge is 2.19. The number of carboxylic acids is 1. The number of hydrogen-bond acceptors (Lipinski definition) is 2. The summed E-state index contributed by atoms with van der Waals surface area (Å²) >= 11 is 3.40. The lowest BCUT2D eigenvalue weighted by Gasteiger charge is -2.17. The van der Waals surface area contributed by atoms with E-state index in [9.17, 15) is 4.79 Å². The Hall–Kier alpha value is -1.03. The zero-order valence-electron chi connectivity index (χ0n) is 8.24. The maximum Gasteiger partial charge on any atom is 0.335 e. The molecule has 0 fully saturated rings. The van der Waals surface area contributed by atoms with E-state index in [-0.39, 0.29) is 0 Å². The van der Waals surface area contributed by atoms with Crippen LogP contribution in [0, 0.1) is 0 Å². The van der Waals surface area contributed by atoms with Crippen LogP contribution in [0.15, 0.2) is 18.2 Å². The molecular formula is C11H12BrNO2. The fourth-order valence-corrected chi connectivity index (χ4v) is 2.34. The smallest absolute Gasteiger partial charge is 0.335 e. The summed E-state index contributed by atoms with van der Waals surface area (Å²) in [5.74, 6) is -0.858. The molecule has 1 aliphatic heterocycles. The van der Waals surface area contributed by atoms with E-state index in [1.54, 1.807) is 12.1 Å². The van der Waals surface area contributed by atoms with Gasteiger partial charge in [-0.3, -0.25) is 0 Å². The first-order valence-electron chi connectivity index (χ1n) is 4.89. The molecule has 0 unspecified atom stereocenters. The predicted octanol–water partition coefficient (Wildman–Crippen LogP) is 2.14. The molecule has 0 bridgehead atoms. The number of fused-ring (bicyclic) bond motifs is 1. The highest BCUT2D eigenvalue weighted by Crippen LogP contribution is 2.28. The van der Waals surface area contributed by atoms with Crippen molar-refractivity contribution in [1.82, 2.24) is 0 Å². The number of hydrogen-bond donors (Lipinski definition) is 1. The van der Waals surface area contributed by atoms with Gasteiger partial charge in [-0.1, -0.05) is 22.0 Å². The molecule has 1 heterocycles. The number of aromatic carboxylic acids is 1. The third kappa shape index (κ3) is 2.00. The summed E-state index contributed by atoms with van der Waals surface area (Å²) in [7, 11) is 0. The molecule has 1 aromatic carbocycles. The van der Waals surface area contributed by atoms with Gasteiger partial charge >= 0.3 is 5.97 Å². The topological polar surface area (TPSA) is 40.5 Å². The van der Waals surface area contributed by atoms with Crippen molar-refractivity contribution in [3.8, 4) is 0 Å². The van der Waals surface area contributed by atoms with Crippen LogP contribution >= 0.6 is 15.9 Å². The molecule has 1 N–H and O–H groups in total. The second-order valence-corrected chi connectivity index (χ2v) is 4.37. The fraction of sp³-hybridized carbons (Fsp3) is 0.364. The van der Waals surface area contributed by atoms with Crippen molar-refractivity contribution in [2.45, 2.75) is 6.42 Å². The Labute approximate surface area is 96.8 Å². The monoisotopic (exact) mass is 269 g/mol. The van der Waals surface area contributed by atoms with Gasteiger partial charge in [0, 0.05) is 24.1 Å². The molecule has 0 spiro atoms. The minimum Gasteiger partial charge on any atom is -0.478 e. The van der Waals surface area contributed by atoms with Crippen LogP contribution in [0.1, 0.15) is 15.9 Å². The average Bonchev–Trinajstić information content (AvgIpc) is 2.61. The van der Waals surface area contributed by atoms with Crippen LogP contribution in [0.5, 0.6) is 0 Å². The molecule has 1 aromatic rings. The molecule has 0 aliphatic carbocycles. The Morgan fingerprint density at radius 2 is 2.33 bits per heavy atom. The maximum absolute atomic E-state index is 10.8. The summed E-state index contributed by atoms with van der Waals surface area (Å²) in [5.41, 5.74) is 2.70. The third-order valence-corrected chi connectivity index (χ3v) is 3.03. The number of carbonyl (C=O) groups is 1. The van der Waals surface area contributed by atoms with Gasteiger partial charge in [-0.25, -0.2) is 4.79 Å². The lowest BCUT2D eigenvalue weighted by molar-refractivity contribution is 0.0697. The van der Waals surface area contributed by atoms with E-state index in [1.807, 2.05) is 6.07 Å². The molecule has 3 nitrogen and oxygen atoms in total. The second-order valence-electron chi connectivity index (χ2n) is 3.57.